The van der Waals surface area contributed by atoms with Crippen molar-refractivity contribution >= 4 is 10.9 Å². The van der Waals surface area contributed by atoms with E-state index in [4.69, 9.17) is 0 Å². The number of halogens is 5. The lowest BCUT2D eigenvalue weighted by Crippen LogP contribution is -2.50. The molecule has 0 saturated carbocycles. The second kappa shape index (κ2) is 10.6. The number of aromatic amines is 1. The number of hydrogen-bond donors (Lipinski definition) is 3. The fraction of sp³-hybridized carbons (Fsp3) is 0.500. The standard InChI is InChI=1S/C28H32F5N3O2/c1-16-11-21-18-5-2-3-6-22(18)34-25(21)26(36(16)14-28(32,33)15-37)19-7-8-20(24(31)23(19)30)27(38)17-12-35(13-17)10-4-9-29/h2-3,5-8,16-17,26-27,34,37-38H,4,9-15H2,1H3/t16-,26-,27+/m1/s1. The van der Waals surface area contributed by atoms with Crippen LogP contribution in [0.2, 0.25) is 0 Å². The Hall–Kier alpha value is -2.53. The Morgan fingerprint density at radius 3 is 2.55 bits per heavy atom. The van der Waals surface area contributed by atoms with Crippen LogP contribution < -0.4 is 0 Å². The van der Waals surface area contributed by atoms with Crippen LogP contribution in [0.4, 0.5) is 22.0 Å². The van der Waals surface area contributed by atoms with Gasteiger partial charge in [-0.15, -0.1) is 0 Å². The van der Waals surface area contributed by atoms with Crippen LogP contribution in [0.15, 0.2) is 36.4 Å². The van der Waals surface area contributed by atoms with Crippen LogP contribution in [0, 0.1) is 17.6 Å². The molecule has 0 bridgehead atoms. The number of nitrogens with zero attached hydrogens (tertiary/aromatic N) is 2. The highest BCUT2D eigenvalue weighted by atomic mass is 19.3. The van der Waals surface area contributed by atoms with E-state index in [1.54, 1.807) is 6.92 Å². The van der Waals surface area contributed by atoms with Gasteiger partial charge in [0.1, 0.15) is 6.61 Å². The maximum Gasteiger partial charge on any atom is 0.283 e. The first-order chi connectivity index (χ1) is 18.1. The van der Waals surface area contributed by atoms with Crippen LogP contribution in [-0.2, 0) is 6.42 Å². The highest BCUT2D eigenvalue weighted by Gasteiger charge is 2.43. The zero-order valence-electron chi connectivity index (χ0n) is 21.1. The first-order valence-electron chi connectivity index (χ1n) is 12.9. The molecule has 1 fully saturated rings. The normalized spacial score (nSPS) is 22.0. The number of alkyl halides is 3. The van der Waals surface area contributed by atoms with E-state index in [1.807, 2.05) is 29.2 Å². The van der Waals surface area contributed by atoms with E-state index >= 15 is 8.78 Å². The molecule has 1 aromatic heterocycles. The first kappa shape index (κ1) is 27.1. The van der Waals surface area contributed by atoms with Crippen molar-refractivity contribution in [3.8, 4) is 0 Å². The van der Waals surface area contributed by atoms with Gasteiger partial charge in [0.05, 0.1) is 25.4 Å². The van der Waals surface area contributed by atoms with Gasteiger partial charge in [0, 0.05) is 59.3 Å². The number of aliphatic hydroxyl groups is 2. The van der Waals surface area contributed by atoms with Crippen molar-refractivity contribution in [1.29, 1.82) is 0 Å². The van der Waals surface area contributed by atoms with Crippen molar-refractivity contribution in [2.75, 3.05) is 39.5 Å². The van der Waals surface area contributed by atoms with Gasteiger partial charge in [-0.3, -0.25) is 9.29 Å². The van der Waals surface area contributed by atoms with Gasteiger partial charge in [0.15, 0.2) is 11.6 Å². The van der Waals surface area contributed by atoms with Crippen LogP contribution in [0.3, 0.4) is 0 Å². The lowest BCUT2D eigenvalue weighted by atomic mass is 9.85. The van der Waals surface area contributed by atoms with Crippen LogP contribution in [-0.4, -0.2) is 76.4 Å². The number of aliphatic hydroxyl groups excluding tert-OH is 2. The molecular formula is C28H32F5N3O2. The number of nitrogens with one attached hydrogen (secondary N) is 1. The van der Waals surface area contributed by atoms with Crippen molar-refractivity contribution < 1.29 is 32.2 Å². The molecule has 0 amide bonds. The number of benzene rings is 2. The second-order valence-corrected chi connectivity index (χ2v) is 10.6. The number of H-pyrrole nitrogens is 1. The van der Waals surface area contributed by atoms with Gasteiger partial charge < -0.3 is 20.1 Å². The van der Waals surface area contributed by atoms with Crippen LogP contribution >= 0.6 is 0 Å². The summed E-state index contributed by atoms with van der Waals surface area (Å²) in [5.41, 5.74) is 1.82. The highest BCUT2D eigenvalue weighted by Crippen LogP contribution is 2.44. The predicted octanol–water partition coefficient (Wildman–Crippen LogP) is 4.73. The molecule has 5 rings (SSSR count). The Balaban J connectivity index is 1.52. The zero-order chi connectivity index (χ0) is 27.2. The number of fused-ring (bicyclic) bond motifs is 3. The molecule has 206 valence electrons. The maximum atomic E-state index is 15.8. The zero-order valence-corrected chi connectivity index (χ0v) is 21.1. The Kier molecular flexibility index (Phi) is 7.52. The quantitative estimate of drug-likeness (QED) is 0.346. The summed E-state index contributed by atoms with van der Waals surface area (Å²) < 4.78 is 72.6. The summed E-state index contributed by atoms with van der Waals surface area (Å²) in [6.45, 7) is 0.545. The predicted molar refractivity (Wildman–Crippen MR) is 134 cm³/mol. The number of rotatable bonds is 9. The maximum absolute atomic E-state index is 15.8. The van der Waals surface area contributed by atoms with Crippen LogP contribution in [0.25, 0.3) is 10.9 Å². The van der Waals surface area contributed by atoms with E-state index in [0.29, 0.717) is 38.2 Å². The molecule has 2 aromatic carbocycles. The first-order valence-corrected chi connectivity index (χ1v) is 12.9. The minimum atomic E-state index is -3.45. The van der Waals surface area contributed by atoms with Crippen LogP contribution in [0.5, 0.6) is 0 Å². The van der Waals surface area contributed by atoms with Gasteiger partial charge in [-0.25, -0.2) is 17.6 Å². The summed E-state index contributed by atoms with van der Waals surface area (Å²) in [5.74, 6) is -6.17. The molecule has 3 N–H and O–H groups in total. The third-order valence-electron chi connectivity index (χ3n) is 7.96. The van der Waals surface area contributed by atoms with Crippen molar-refractivity contribution in [1.82, 2.24) is 14.8 Å². The van der Waals surface area contributed by atoms with Gasteiger partial charge in [-0.2, -0.15) is 0 Å². The molecule has 1 saturated heterocycles. The third kappa shape index (κ3) is 4.83. The lowest BCUT2D eigenvalue weighted by Gasteiger charge is -2.43. The molecule has 0 unspecified atom stereocenters. The van der Waals surface area contributed by atoms with Gasteiger partial charge in [-0.05, 0) is 31.4 Å². The van der Waals surface area contributed by atoms with Crippen molar-refractivity contribution in [2.45, 2.75) is 43.9 Å². The third-order valence-corrected chi connectivity index (χ3v) is 7.96. The fourth-order valence-corrected chi connectivity index (χ4v) is 5.95. The molecular weight excluding hydrogens is 505 g/mol. The number of hydrogen-bond acceptors (Lipinski definition) is 4. The average Bonchev–Trinajstić information content (AvgIpc) is 3.23. The summed E-state index contributed by atoms with van der Waals surface area (Å²) in [6.07, 6.45) is -0.454. The summed E-state index contributed by atoms with van der Waals surface area (Å²) in [5, 5.41) is 20.9. The summed E-state index contributed by atoms with van der Waals surface area (Å²) in [4.78, 5) is 6.58. The summed E-state index contributed by atoms with van der Waals surface area (Å²) in [7, 11) is 0. The van der Waals surface area contributed by atoms with Crippen molar-refractivity contribution in [3.05, 3.63) is 70.4 Å². The Bertz CT molecular complexity index is 1290. The Labute approximate surface area is 217 Å². The molecule has 10 heteroatoms. The van der Waals surface area contributed by atoms with Crippen molar-refractivity contribution in [3.63, 3.8) is 0 Å². The minimum Gasteiger partial charge on any atom is -0.390 e. The van der Waals surface area contributed by atoms with Gasteiger partial charge in [0.25, 0.3) is 5.92 Å². The number of para-hydroxylation sites is 1. The smallest absolute Gasteiger partial charge is 0.283 e. The Morgan fingerprint density at radius 2 is 1.84 bits per heavy atom. The monoisotopic (exact) mass is 537 g/mol. The Morgan fingerprint density at radius 1 is 1.11 bits per heavy atom. The topological polar surface area (TPSA) is 62.7 Å². The molecule has 3 heterocycles. The molecule has 0 spiro atoms. The summed E-state index contributed by atoms with van der Waals surface area (Å²) in [6, 6.07) is 8.60. The van der Waals surface area contributed by atoms with E-state index in [9.17, 15) is 23.4 Å². The molecule has 0 radical (unpaired) electrons. The molecule has 5 nitrogen and oxygen atoms in total. The van der Waals surface area contributed by atoms with E-state index in [0.717, 1.165) is 16.5 Å². The molecule has 2 aliphatic heterocycles. The summed E-state index contributed by atoms with van der Waals surface area (Å²) >= 11 is 0. The molecule has 0 aliphatic carbocycles. The molecule has 38 heavy (non-hydrogen) atoms. The molecule has 3 atom stereocenters. The number of likely N-dealkylation sites (tertiary alicyclic amines) is 1. The molecule has 3 aromatic rings. The number of aromatic nitrogens is 1. The van der Waals surface area contributed by atoms with Gasteiger partial charge in [0.2, 0.25) is 0 Å². The van der Waals surface area contributed by atoms with E-state index in [-0.39, 0.29) is 17.0 Å². The van der Waals surface area contributed by atoms with Gasteiger partial charge in [-0.1, -0.05) is 30.3 Å². The highest BCUT2D eigenvalue weighted by molar-refractivity contribution is 5.85. The second-order valence-electron chi connectivity index (χ2n) is 10.6. The minimum absolute atomic E-state index is 0.121. The van der Waals surface area contributed by atoms with Gasteiger partial charge >= 0.3 is 0 Å². The molecule has 2 aliphatic rings. The van der Waals surface area contributed by atoms with E-state index in [2.05, 4.69) is 4.98 Å². The van der Waals surface area contributed by atoms with E-state index < -0.39 is 55.6 Å². The van der Waals surface area contributed by atoms with Crippen LogP contribution in [0.1, 0.15) is 47.9 Å². The lowest BCUT2D eigenvalue weighted by molar-refractivity contribution is -0.0867. The van der Waals surface area contributed by atoms with E-state index in [1.165, 1.54) is 17.0 Å². The average molecular weight is 538 g/mol. The SMILES string of the molecule is C[C@@H]1Cc2c([nH]c3ccccc23)[C@@H](c2ccc([C@@H](O)C3CN(CCCF)C3)c(F)c2F)N1CC(F)(F)CO. The largest absolute Gasteiger partial charge is 0.390 e. The van der Waals surface area contributed by atoms with Crippen molar-refractivity contribution in [2.24, 2.45) is 5.92 Å². The fourth-order valence-electron chi connectivity index (χ4n) is 5.95.